The first-order chi connectivity index (χ1) is 14.5. The molecular weight excluding hydrogens is 406 g/mol. The molecule has 8 nitrogen and oxygen atoms in total. The Bertz CT molecular complexity index is 1260. The standard InChI is InChI=1S/C21H17N3O5S/c1-4-11-23-16-8-7-15(24(26)27)13-19(16)30-21(23)22-20(25)10-6-14-5-9-17(28-2)18(12-14)29-3/h1,5-10,12-13H,11H2,2-3H3/b10-6-,22-21?. The smallest absolute Gasteiger partial charge is 0.272 e. The van der Waals surface area contributed by atoms with Crippen molar-refractivity contribution in [1.82, 2.24) is 4.57 Å². The van der Waals surface area contributed by atoms with Gasteiger partial charge >= 0.3 is 0 Å². The van der Waals surface area contributed by atoms with E-state index in [0.29, 0.717) is 26.5 Å². The number of carbonyl (C=O) groups excluding carboxylic acids is 1. The van der Waals surface area contributed by atoms with Gasteiger partial charge in [-0.15, -0.1) is 6.42 Å². The van der Waals surface area contributed by atoms with Gasteiger partial charge < -0.3 is 14.0 Å². The molecule has 0 atom stereocenters. The molecule has 1 heterocycles. The summed E-state index contributed by atoms with van der Waals surface area (Å²) in [7, 11) is 3.07. The number of hydrogen-bond donors (Lipinski definition) is 0. The summed E-state index contributed by atoms with van der Waals surface area (Å²) in [5.74, 6) is 3.15. The van der Waals surface area contributed by atoms with Crippen LogP contribution in [-0.2, 0) is 11.3 Å². The fourth-order valence-corrected chi connectivity index (χ4v) is 3.83. The number of benzene rings is 2. The molecule has 0 N–H and O–H groups in total. The van der Waals surface area contributed by atoms with E-state index >= 15 is 0 Å². The summed E-state index contributed by atoms with van der Waals surface area (Å²) in [6, 6.07) is 9.69. The zero-order valence-corrected chi connectivity index (χ0v) is 17.0. The monoisotopic (exact) mass is 423 g/mol. The van der Waals surface area contributed by atoms with Crippen LogP contribution in [0.5, 0.6) is 11.5 Å². The molecule has 0 aliphatic carbocycles. The maximum atomic E-state index is 12.4. The van der Waals surface area contributed by atoms with E-state index in [1.807, 2.05) is 0 Å². The summed E-state index contributed by atoms with van der Waals surface area (Å²) in [5, 5.41) is 11.0. The van der Waals surface area contributed by atoms with E-state index in [-0.39, 0.29) is 12.2 Å². The lowest BCUT2D eigenvalue weighted by Crippen LogP contribution is -2.15. The van der Waals surface area contributed by atoms with Gasteiger partial charge in [0.2, 0.25) is 0 Å². The summed E-state index contributed by atoms with van der Waals surface area (Å²) in [5.41, 5.74) is 1.38. The molecule has 3 rings (SSSR count). The first-order valence-electron chi connectivity index (χ1n) is 8.67. The van der Waals surface area contributed by atoms with Gasteiger partial charge in [-0.1, -0.05) is 23.3 Å². The van der Waals surface area contributed by atoms with Crippen molar-refractivity contribution in [3.63, 3.8) is 0 Å². The number of non-ortho nitro benzene ring substituents is 1. The SMILES string of the molecule is C#CCn1c(=NC(=O)/C=C\c2ccc(OC)c(OC)c2)sc2cc([N+](=O)[O-])ccc21. The topological polar surface area (TPSA) is 96.0 Å². The van der Waals surface area contributed by atoms with Crippen molar-refractivity contribution < 1.29 is 19.2 Å². The second-order valence-corrected chi connectivity index (χ2v) is 6.99. The van der Waals surface area contributed by atoms with Crippen LogP contribution in [0.4, 0.5) is 5.69 Å². The first kappa shape index (κ1) is 20.8. The number of hydrogen-bond acceptors (Lipinski definition) is 6. The highest BCUT2D eigenvalue weighted by Crippen LogP contribution is 2.28. The number of methoxy groups -OCH3 is 2. The van der Waals surface area contributed by atoms with Crippen LogP contribution in [-0.4, -0.2) is 29.6 Å². The van der Waals surface area contributed by atoms with Gasteiger partial charge in [0, 0.05) is 18.2 Å². The Morgan fingerprint density at radius 2 is 2.03 bits per heavy atom. The molecule has 0 unspecified atom stereocenters. The molecule has 0 saturated carbocycles. The average molecular weight is 423 g/mol. The largest absolute Gasteiger partial charge is 0.493 e. The Morgan fingerprint density at radius 3 is 2.70 bits per heavy atom. The molecule has 0 aliphatic rings. The van der Waals surface area contributed by atoms with Crippen LogP contribution in [0.2, 0.25) is 0 Å². The van der Waals surface area contributed by atoms with E-state index in [2.05, 4.69) is 10.9 Å². The Balaban J connectivity index is 1.96. The Morgan fingerprint density at radius 1 is 1.27 bits per heavy atom. The molecular formula is C21H17N3O5S. The highest BCUT2D eigenvalue weighted by Gasteiger charge is 2.12. The molecule has 0 aliphatic heterocycles. The van der Waals surface area contributed by atoms with Crippen molar-refractivity contribution in [1.29, 1.82) is 0 Å². The second-order valence-electron chi connectivity index (χ2n) is 5.98. The Labute approximate surface area is 175 Å². The summed E-state index contributed by atoms with van der Waals surface area (Å²) in [6.45, 7) is 0.184. The van der Waals surface area contributed by atoms with E-state index in [0.717, 1.165) is 16.9 Å². The Hall–Kier alpha value is -3.90. The third-order valence-electron chi connectivity index (χ3n) is 4.16. The molecule has 0 fully saturated rings. The van der Waals surface area contributed by atoms with Crippen LogP contribution in [0.25, 0.3) is 16.3 Å². The summed E-state index contributed by atoms with van der Waals surface area (Å²) in [4.78, 5) is 27.4. The third-order valence-corrected chi connectivity index (χ3v) is 5.20. The second kappa shape index (κ2) is 9.07. The number of nitro benzene ring substituents is 1. The fraction of sp³-hybridized carbons (Fsp3) is 0.143. The van der Waals surface area contributed by atoms with E-state index in [1.54, 1.807) is 42.0 Å². The molecule has 3 aromatic rings. The predicted molar refractivity (Wildman–Crippen MR) is 114 cm³/mol. The maximum Gasteiger partial charge on any atom is 0.272 e. The number of nitro groups is 1. The molecule has 0 saturated heterocycles. The van der Waals surface area contributed by atoms with Crippen LogP contribution < -0.4 is 14.3 Å². The van der Waals surface area contributed by atoms with Crippen molar-refractivity contribution in [3.05, 3.63) is 63.0 Å². The molecule has 1 amide bonds. The molecule has 152 valence electrons. The van der Waals surface area contributed by atoms with Crippen LogP contribution in [0, 0.1) is 22.5 Å². The number of fused-ring (bicyclic) bond motifs is 1. The van der Waals surface area contributed by atoms with Gasteiger partial charge in [-0.25, -0.2) is 0 Å². The van der Waals surface area contributed by atoms with Crippen LogP contribution >= 0.6 is 11.3 Å². The number of carbonyl (C=O) groups is 1. The van der Waals surface area contributed by atoms with Crippen molar-refractivity contribution in [2.24, 2.45) is 4.99 Å². The summed E-state index contributed by atoms with van der Waals surface area (Å²) >= 11 is 1.16. The maximum absolute atomic E-state index is 12.4. The molecule has 9 heteroatoms. The zero-order valence-electron chi connectivity index (χ0n) is 16.2. The minimum absolute atomic E-state index is 0.0390. The van der Waals surface area contributed by atoms with Crippen molar-refractivity contribution in [2.45, 2.75) is 6.54 Å². The highest BCUT2D eigenvalue weighted by molar-refractivity contribution is 7.16. The number of ether oxygens (including phenoxy) is 2. The Kier molecular flexibility index (Phi) is 6.29. The van der Waals surface area contributed by atoms with Crippen LogP contribution in [0.1, 0.15) is 5.56 Å². The van der Waals surface area contributed by atoms with Gasteiger partial charge in [0.15, 0.2) is 16.3 Å². The number of rotatable bonds is 6. The van der Waals surface area contributed by atoms with Gasteiger partial charge in [0.25, 0.3) is 11.6 Å². The highest BCUT2D eigenvalue weighted by atomic mass is 32.1. The van der Waals surface area contributed by atoms with Crippen LogP contribution in [0.15, 0.2) is 47.5 Å². The normalized spacial score (nSPS) is 11.6. The molecule has 1 aromatic heterocycles. The van der Waals surface area contributed by atoms with Gasteiger partial charge in [-0.05, 0) is 29.8 Å². The minimum atomic E-state index is -0.489. The first-order valence-corrected chi connectivity index (χ1v) is 9.48. The quantitative estimate of drug-likeness (QED) is 0.262. The van der Waals surface area contributed by atoms with E-state index in [9.17, 15) is 14.9 Å². The third kappa shape index (κ3) is 4.39. The van der Waals surface area contributed by atoms with E-state index < -0.39 is 10.8 Å². The van der Waals surface area contributed by atoms with Gasteiger partial charge in [-0.2, -0.15) is 4.99 Å². The lowest BCUT2D eigenvalue weighted by atomic mass is 10.2. The van der Waals surface area contributed by atoms with Gasteiger partial charge in [-0.3, -0.25) is 14.9 Å². The van der Waals surface area contributed by atoms with Gasteiger partial charge in [0.1, 0.15) is 0 Å². The van der Waals surface area contributed by atoms with Crippen molar-refractivity contribution in [3.8, 4) is 23.8 Å². The van der Waals surface area contributed by atoms with Crippen molar-refractivity contribution in [2.75, 3.05) is 14.2 Å². The molecule has 2 aromatic carbocycles. The number of amides is 1. The lowest BCUT2D eigenvalue weighted by molar-refractivity contribution is -0.384. The van der Waals surface area contributed by atoms with Crippen molar-refractivity contribution >= 4 is 39.2 Å². The van der Waals surface area contributed by atoms with Crippen LogP contribution in [0.3, 0.4) is 0 Å². The molecule has 0 bridgehead atoms. The lowest BCUT2D eigenvalue weighted by Gasteiger charge is -2.07. The number of aromatic nitrogens is 1. The molecule has 0 spiro atoms. The minimum Gasteiger partial charge on any atom is -0.493 e. The molecule has 30 heavy (non-hydrogen) atoms. The number of nitrogens with zero attached hydrogens (tertiary/aromatic N) is 3. The zero-order chi connectivity index (χ0) is 21.7. The van der Waals surface area contributed by atoms with E-state index in [4.69, 9.17) is 15.9 Å². The molecule has 0 radical (unpaired) electrons. The fourth-order valence-electron chi connectivity index (χ4n) is 2.76. The summed E-state index contributed by atoms with van der Waals surface area (Å²) in [6.07, 6.45) is 8.37. The summed E-state index contributed by atoms with van der Waals surface area (Å²) < 4.78 is 12.7. The number of terminal acetylenes is 1. The van der Waals surface area contributed by atoms with E-state index in [1.165, 1.54) is 25.3 Å². The average Bonchev–Trinajstić information content (AvgIpc) is 3.08. The predicted octanol–water partition coefficient (Wildman–Crippen LogP) is 3.40. The van der Waals surface area contributed by atoms with Gasteiger partial charge in [0.05, 0.1) is 35.9 Å². The number of thiazole rings is 1.